The van der Waals surface area contributed by atoms with Crippen molar-refractivity contribution >= 4 is 22.2 Å². The molecule has 6 aromatic rings. The van der Waals surface area contributed by atoms with E-state index < -0.39 is 5.82 Å². The number of phenolic OH excluding ortho intramolecular Hbond substituents is 1. The number of imidazole rings is 1. The Morgan fingerprint density at radius 1 is 0.949 bits per heavy atom. The van der Waals surface area contributed by atoms with Crippen LogP contribution in [-0.4, -0.2) is 58.2 Å². The van der Waals surface area contributed by atoms with Crippen LogP contribution >= 0.6 is 0 Å². The van der Waals surface area contributed by atoms with E-state index in [0.29, 0.717) is 39.3 Å². The number of halogens is 1. The Bertz CT molecular complexity index is 1800. The SMILES string of the molecule is Oc1cc(F)cc(-c2ccnc3nc(-c4n[nH]c5ccc(-c6cncc(CN7CCCCC7)c6)nc45)[nH]c23)c1. The molecule has 0 saturated carbocycles. The van der Waals surface area contributed by atoms with Gasteiger partial charge in [-0.3, -0.25) is 15.0 Å². The number of fused-ring (bicyclic) bond motifs is 2. The van der Waals surface area contributed by atoms with Gasteiger partial charge in [0.05, 0.1) is 16.7 Å². The summed E-state index contributed by atoms with van der Waals surface area (Å²) in [5.74, 6) is -0.197. The fraction of sp³-hybridized carbons (Fsp3) is 0.207. The van der Waals surface area contributed by atoms with Gasteiger partial charge >= 0.3 is 0 Å². The number of rotatable bonds is 5. The molecule has 194 valence electrons. The normalized spacial score (nSPS) is 14.4. The molecule has 1 aliphatic rings. The molecule has 6 heterocycles. The highest BCUT2D eigenvalue weighted by molar-refractivity contribution is 5.95. The smallest absolute Gasteiger partial charge is 0.178 e. The molecule has 10 heteroatoms. The van der Waals surface area contributed by atoms with E-state index in [2.05, 4.69) is 41.1 Å². The molecule has 39 heavy (non-hydrogen) atoms. The maximum atomic E-state index is 14.0. The van der Waals surface area contributed by atoms with Crippen LogP contribution in [0.4, 0.5) is 4.39 Å². The number of piperidine rings is 1. The summed E-state index contributed by atoms with van der Waals surface area (Å²) in [4.78, 5) is 24.2. The maximum absolute atomic E-state index is 14.0. The Kier molecular flexibility index (Phi) is 5.74. The first-order valence-corrected chi connectivity index (χ1v) is 13.0. The molecule has 0 amide bonds. The van der Waals surface area contributed by atoms with E-state index in [-0.39, 0.29) is 5.75 Å². The molecule has 0 atom stereocenters. The molecule has 7 rings (SSSR count). The van der Waals surface area contributed by atoms with Crippen molar-refractivity contribution in [2.24, 2.45) is 0 Å². The number of hydrogen-bond acceptors (Lipinski definition) is 7. The van der Waals surface area contributed by atoms with Gasteiger partial charge in [-0.2, -0.15) is 5.10 Å². The van der Waals surface area contributed by atoms with E-state index in [9.17, 15) is 9.50 Å². The fourth-order valence-corrected chi connectivity index (χ4v) is 5.31. The van der Waals surface area contributed by atoms with Gasteiger partial charge in [0, 0.05) is 42.3 Å². The van der Waals surface area contributed by atoms with Crippen molar-refractivity contribution in [3.8, 4) is 39.7 Å². The van der Waals surface area contributed by atoms with Gasteiger partial charge in [0.1, 0.15) is 17.1 Å². The molecule has 0 spiro atoms. The highest BCUT2D eigenvalue weighted by Gasteiger charge is 2.18. The lowest BCUT2D eigenvalue weighted by Gasteiger charge is -2.26. The van der Waals surface area contributed by atoms with Crippen molar-refractivity contribution in [2.45, 2.75) is 25.8 Å². The minimum absolute atomic E-state index is 0.154. The summed E-state index contributed by atoms with van der Waals surface area (Å²) in [7, 11) is 0. The van der Waals surface area contributed by atoms with E-state index in [4.69, 9.17) is 4.98 Å². The monoisotopic (exact) mass is 520 g/mol. The van der Waals surface area contributed by atoms with Crippen molar-refractivity contribution in [1.29, 1.82) is 0 Å². The minimum atomic E-state index is -0.529. The second-order valence-electron chi connectivity index (χ2n) is 9.92. The van der Waals surface area contributed by atoms with Crippen molar-refractivity contribution in [3.05, 3.63) is 72.4 Å². The summed E-state index contributed by atoms with van der Waals surface area (Å²) in [6, 6.07) is 11.7. The van der Waals surface area contributed by atoms with Gasteiger partial charge in [-0.25, -0.2) is 19.3 Å². The average Bonchev–Trinajstić information content (AvgIpc) is 3.57. The number of aromatic hydroxyl groups is 1. The number of nitrogens with zero attached hydrogens (tertiary/aromatic N) is 6. The first kappa shape index (κ1) is 23.4. The van der Waals surface area contributed by atoms with Crippen LogP contribution in [0.5, 0.6) is 5.75 Å². The van der Waals surface area contributed by atoms with Crippen molar-refractivity contribution in [2.75, 3.05) is 13.1 Å². The number of pyridine rings is 3. The zero-order valence-corrected chi connectivity index (χ0v) is 21.0. The molecule has 1 aromatic carbocycles. The molecule has 9 nitrogen and oxygen atoms in total. The third-order valence-corrected chi connectivity index (χ3v) is 7.16. The number of likely N-dealkylation sites (tertiary alicyclic amines) is 1. The lowest BCUT2D eigenvalue weighted by atomic mass is 10.1. The molecule has 0 aliphatic carbocycles. The van der Waals surface area contributed by atoms with Gasteiger partial charge < -0.3 is 10.1 Å². The summed E-state index contributed by atoms with van der Waals surface area (Å²) in [6.45, 7) is 3.14. The van der Waals surface area contributed by atoms with Crippen LogP contribution < -0.4 is 0 Å². The van der Waals surface area contributed by atoms with Crippen LogP contribution in [0.2, 0.25) is 0 Å². The van der Waals surface area contributed by atoms with E-state index in [1.807, 2.05) is 24.5 Å². The van der Waals surface area contributed by atoms with Crippen molar-refractivity contribution < 1.29 is 9.50 Å². The van der Waals surface area contributed by atoms with Gasteiger partial charge in [0.2, 0.25) is 0 Å². The van der Waals surface area contributed by atoms with Gasteiger partial charge in [-0.1, -0.05) is 6.42 Å². The van der Waals surface area contributed by atoms with Gasteiger partial charge in [0.15, 0.2) is 17.2 Å². The molecule has 1 saturated heterocycles. The number of aromatic nitrogens is 7. The van der Waals surface area contributed by atoms with E-state index in [0.717, 1.165) is 42.5 Å². The van der Waals surface area contributed by atoms with Crippen molar-refractivity contribution in [3.63, 3.8) is 0 Å². The highest BCUT2D eigenvalue weighted by Crippen LogP contribution is 2.32. The summed E-state index contributed by atoms with van der Waals surface area (Å²) in [5, 5.41) is 17.4. The largest absolute Gasteiger partial charge is 0.508 e. The first-order valence-electron chi connectivity index (χ1n) is 13.0. The molecular formula is C29H25FN8O. The number of aromatic amines is 2. The predicted molar refractivity (Wildman–Crippen MR) is 146 cm³/mol. The van der Waals surface area contributed by atoms with Gasteiger partial charge in [-0.15, -0.1) is 0 Å². The standard InChI is InChI=1S/C29H25FN8O/c30-20-11-18(12-21(39)13-20)22-6-7-32-28-25(22)34-29(35-28)27-26-24(36-37-27)5-4-23(33-26)19-10-17(14-31-15-19)16-38-8-2-1-3-9-38/h4-7,10-15,39H,1-3,8-9,16H2,(H,36,37)(H,32,34,35). The van der Waals surface area contributed by atoms with Crippen LogP contribution in [0.25, 0.3) is 56.1 Å². The molecule has 3 N–H and O–H groups in total. The average molecular weight is 521 g/mol. The summed E-state index contributed by atoms with van der Waals surface area (Å²) >= 11 is 0. The highest BCUT2D eigenvalue weighted by atomic mass is 19.1. The number of nitrogens with one attached hydrogen (secondary N) is 2. The third-order valence-electron chi connectivity index (χ3n) is 7.16. The summed E-state index contributed by atoms with van der Waals surface area (Å²) in [5.41, 5.74) is 7.14. The summed E-state index contributed by atoms with van der Waals surface area (Å²) < 4.78 is 14.0. The number of benzene rings is 1. The van der Waals surface area contributed by atoms with Gasteiger partial charge in [-0.05, 0) is 73.5 Å². The molecule has 1 aliphatic heterocycles. The lowest BCUT2D eigenvalue weighted by Crippen LogP contribution is -2.29. The molecular weight excluding hydrogens is 495 g/mol. The Labute approximate surface area is 222 Å². The lowest BCUT2D eigenvalue weighted by molar-refractivity contribution is 0.220. The minimum Gasteiger partial charge on any atom is -0.508 e. The molecule has 0 bridgehead atoms. The van der Waals surface area contributed by atoms with Crippen LogP contribution in [-0.2, 0) is 6.54 Å². The van der Waals surface area contributed by atoms with Crippen LogP contribution in [0.15, 0.2) is 61.1 Å². The zero-order valence-electron chi connectivity index (χ0n) is 21.0. The number of phenols is 1. The predicted octanol–water partition coefficient (Wildman–Crippen LogP) is 5.46. The quantitative estimate of drug-likeness (QED) is 0.276. The molecule has 1 fully saturated rings. The van der Waals surface area contributed by atoms with Crippen LogP contribution in [0.1, 0.15) is 24.8 Å². The second-order valence-corrected chi connectivity index (χ2v) is 9.92. The van der Waals surface area contributed by atoms with E-state index in [1.54, 1.807) is 12.3 Å². The zero-order chi connectivity index (χ0) is 26.3. The Balaban J connectivity index is 1.26. The Hall–Kier alpha value is -4.70. The van der Waals surface area contributed by atoms with Gasteiger partial charge in [0.25, 0.3) is 0 Å². The van der Waals surface area contributed by atoms with E-state index >= 15 is 0 Å². The third kappa shape index (κ3) is 4.48. The first-order chi connectivity index (χ1) is 19.1. The number of H-pyrrole nitrogens is 2. The molecule has 0 unspecified atom stereocenters. The fourth-order valence-electron chi connectivity index (χ4n) is 5.31. The topological polar surface area (TPSA) is 120 Å². The Morgan fingerprint density at radius 3 is 2.72 bits per heavy atom. The molecule has 5 aromatic heterocycles. The Morgan fingerprint density at radius 2 is 1.85 bits per heavy atom. The maximum Gasteiger partial charge on any atom is 0.178 e. The summed E-state index contributed by atoms with van der Waals surface area (Å²) in [6.07, 6.45) is 9.17. The second kappa shape index (κ2) is 9.55. The number of hydrogen-bond donors (Lipinski definition) is 3. The van der Waals surface area contributed by atoms with E-state index in [1.165, 1.54) is 37.0 Å². The molecule has 0 radical (unpaired) electrons. The van der Waals surface area contributed by atoms with Crippen LogP contribution in [0.3, 0.4) is 0 Å². The van der Waals surface area contributed by atoms with Crippen molar-refractivity contribution in [1.82, 2.24) is 40.0 Å². The van der Waals surface area contributed by atoms with Crippen LogP contribution in [0, 0.1) is 5.82 Å².